The molecule has 0 unspecified atom stereocenters. The molecule has 0 bridgehead atoms. The Bertz CT molecular complexity index is 1160. The smallest absolute Gasteiger partial charge is 0.147 e. The minimum atomic E-state index is 0.663. The summed E-state index contributed by atoms with van der Waals surface area (Å²) in [7, 11) is 0. The zero-order chi connectivity index (χ0) is 22.2. The van der Waals surface area contributed by atoms with Crippen LogP contribution in [0.15, 0.2) is 79.4 Å². The molecular formula is C26H26N6. The zero-order valence-electron chi connectivity index (χ0n) is 18.2. The molecule has 4 aromatic rings. The molecule has 0 N–H and O–H groups in total. The highest BCUT2D eigenvalue weighted by Crippen LogP contribution is 2.13. The van der Waals surface area contributed by atoms with Gasteiger partial charge in [-0.2, -0.15) is 5.26 Å². The van der Waals surface area contributed by atoms with E-state index in [-0.39, 0.29) is 0 Å². The number of aromatic nitrogens is 4. The summed E-state index contributed by atoms with van der Waals surface area (Å²) in [6.45, 7) is 5.17. The van der Waals surface area contributed by atoms with E-state index in [0.717, 1.165) is 30.9 Å². The molecule has 0 amide bonds. The molecule has 0 aliphatic heterocycles. The van der Waals surface area contributed by atoms with Crippen LogP contribution in [0.1, 0.15) is 33.6 Å². The van der Waals surface area contributed by atoms with Gasteiger partial charge in [0.05, 0.1) is 24.7 Å². The van der Waals surface area contributed by atoms with Gasteiger partial charge in [-0.25, -0.2) is 0 Å². The van der Waals surface area contributed by atoms with Crippen molar-refractivity contribution in [1.29, 1.82) is 5.26 Å². The van der Waals surface area contributed by atoms with Gasteiger partial charge < -0.3 is 4.57 Å². The molecule has 160 valence electrons. The Labute approximate surface area is 188 Å². The van der Waals surface area contributed by atoms with Crippen molar-refractivity contribution in [2.45, 2.75) is 33.0 Å². The maximum absolute atomic E-state index is 9.01. The van der Waals surface area contributed by atoms with Crippen molar-refractivity contribution in [2.75, 3.05) is 6.54 Å². The normalized spacial score (nSPS) is 10.9. The maximum Gasteiger partial charge on any atom is 0.147 e. The number of aryl methyl sites for hydroxylation is 1. The van der Waals surface area contributed by atoms with E-state index in [0.29, 0.717) is 18.7 Å². The van der Waals surface area contributed by atoms with Crippen LogP contribution in [-0.2, 0) is 26.1 Å². The molecule has 6 heteroatoms. The average Bonchev–Trinajstić information content (AvgIpc) is 3.26. The summed E-state index contributed by atoms with van der Waals surface area (Å²) < 4.78 is 2.07. The van der Waals surface area contributed by atoms with Crippen molar-refractivity contribution in [3.05, 3.63) is 113 Å². The highest BCUT2D eigenvalue weighted by Gasteiger charge is 2.13. The molecule has 0 atom stereocenters. The maximum atomic E-state index is 9.01. The van der Waals surface area contributed by atoms with Gasteiger partial charge in [0.25, 0.3) is 0 Å². The van der Waals surface area contributed by atoms with Crippen LogP contribution in [-0.4, -0.2) is 31.2 Å². The van der Waals surface area contributed by atoms with E-state index >= 15 is 0 Å². The van der Waals surface area contributed by atoms with E-state index in [1.165, 1.54) is 16.7 Å². The first-order chi connectivity index (χ1) is 15.7. The van der Waals surface area contributed by atoms with Crippen LogP contribution in [0.5, 0.6) is 0 Å². The molecule has 32 heavy (non-hydrogen) atoms. The van der Waals surface area contributed by atoms with Crippen molar-refractivity contribution >= 4 is 0 Å². The van der Waals surface area contributed by atoms with E-state index in [1.807, 2.05) is 36.5 Å². The summed E-state index contributed by atoms with van der Waals surface area (Å²) in [6, 6.07) is 22.6. The Kier molecular flexibility index (Phi) is 7.01. The van der Waals surface area contributed by atoms with E-state index < -0.39 is 0 Å². The molecule has 6 nitrogen and oxygen atoms in total. The van der Waals surface area contributed by atoms with Gasteiger partial charge in [-0.1, -0.05) is 48.0 Å². The molecule has 0 aliphatic carbocycles. The minimum Gasteiger partial charge on any atom is -0.312 e. The third kappa shape index (κ3) is 5.87. The number of pyridine rings is 1. The molecule has 2 aromatic heterocycles. The van der Waals surface area contributed by atoms with Gasteiger partial charge in [0, 0.05) is 25.5 Å². The Balaban J connectivity index is 1.48. The Morgan fingerprint density at radius 3 is 2.44 bits per heavy atom. The van der Waals surface area contributed by atoms with E-state index in [9.17, 15) is 0 Å². The fourth-order valence-electron chi connectivity index (χ4n) is 3.62. The van der Waals surface area contributed by atoms with Crippen molar-refractivity contribution in [2.24, 2.45) is 0 Å². The van der Waals surface area contributed by atoms with Gasteiger partial charge >= 0.3 is 0 Å². The lowest BCUT2D eigenvalue weighted by Gasteiger charge is -2.22. The van der Waals surface area contributed by atoms with Crippen molar-refractivity contribution in [3.8, 4) is 6.07 Å². The Morgan fingerprint density at radius 1 is 0.938 bits per heavy atom. The van der Waals surface area contributed by atoms with Crippen molar-refractivity contribution < 1.29 is 0 Å². The van der Waals surface area contributed by atoms with E-state index in [4.69, 9.17) is 5.26 Å². The largest absolute Gasteiger partial charge is 0.312 e. The molecule has 0 radical (unpaired) electrons. The number of hydrogen-bond acceptors (Lipinski definition) is 5. The van der Waals surface area contributed by atoms with Gasteiger partial charge in [-0.05, 0) is 48.2 Å². The van der Waals surface area contributed by atoms with Crippen LogP contribution in [0.2, 0.25) is 0 Å². The predicted molar refractivity (Wildman–Crippen MR) is 124 cm³/mol. The highest BCUT2D eigenvalue weighted by molar-refractivity contribution is 5.31. The standard InChI is InChI=1S/C26H26N6/c1-21-4-6-22(7-5-21)12-14-31(17-25-3-2-13-28-16-25)19-26-30-29-20-32(26)18-24-10-8-23(15-27)9-11-24/h2-11,13,16,20H,12,14,17-19H2,1H3. The monoisotopic (exact) mass is 422 g/mol. The number of hydrogen-bond donors (Lipinski definition) is 0. The van der Waals surface area contributed by atoms with Gasteiger partial charge in [0.1, 0.15) is 12.2 Å². The molecule has 0 fully saturated rings. The number of rotatable bonds is 9. The number of nitrogens with zero attached hydrogens (tertiary/aromatic N) is 6. The fraction of sp³-hybridized carbons (Fsp3) is 0.231. The molecule has 2 aromatic carbocycles. The SMILES string of the molecule is Cc1ccc(CCN(Cc2cccnc2)Cc2nncn2Cc2ccc(C#N)cc2)cc1. The second-order valence-electron chi connectivity index (χ2n) is 7.99. The van der Waals surface area contributed by atoms with Crippen LogP contribution >= 0.6 is 0 Å². The van der Waals surface area contributed by atoms with E-state index in [1.54, 1.807) is 12.5 Å². The lowest BCUT2D eigenvalue weighted by atomic mass is 10.1. The van der Waals surface area contributed by atoms with E-state index in [2.05, 4.69) is 68.0 Å². The summed E-state index contributed by atoms with van der Waals surface area (Å²) in [4.78, 5) is 6.65. The minimum absolute atomic E-state index is 0.663. The summed E-state index contributed by atoms with van der Waals surface area (Å²) in [5.41, 5.74) is 5.55. The molecule has 0 aliphatic rings. The third-order valence-electron chi connectivity index (χ3n) is 5.46. The van der Waals surface area contributed by atoms with Crippen LogP contribution in [0.4, 0.5) is 0 Å². The lowest BCUT2D eigenvalue weighted by molar-refractivity contribution is 0.249. The summed E-state index contributed by atoms with van der Waals surface area (Å²) in [5, 5.41) is 17.6. The van der Waals surface area contributed by atoms with Crippen LogP contribution in [0.25, 0.3) is 0 Å². The van der Waals surface area contributed by atoms with Crippen LogP contribution in [0, 0.1) is 18.3 Å². The molecule has 4 rings (SSSR count). The second-order valence-corrected chi connectivity index (χ2v) is 7.99. The average molecular weight is 423 g/mol. The predicted octanol–water partition coefficient (Wildman–Crippen LogP) is 4.15. The summed E-state index contributed by atoms with van der Waals surface area (Å²) >= 11 is 0. The highest BCUT2D eigenvalue weighted by atomic mass is 15.3. The number of benzene rings is 2. The fourth-order valence-corrected chi connectivity index (χ4v) is 3.62. The lowest BCUT2D eigenvalue weighted by Crippen LogP contribution is -2.27. The second kappa shape index (κ2) is 10.5. The third-order valence-corrected chi connectivity index (χ3v) is 5.46. The first-order valence-electron chi connectivity index (χ1n) is 10.7. The Hall–Kier alpha value is -3.82. The first-order valence-corrected chi connectivity index (χ1v) is 10.7. The summed E-state index contributed by atoms with van der Waals surface area (Å²) in [6.07, 6.45) is 6.45. The van der Waals surface area contributed by atoms with Gasteiger partial charge in [-0.3, -0.25) is 9.88 Å². The van der Waals surface area contributed by atoms with Crippen molar-refractivity contribution in [1.82, 2.24) is 24.6 Å². The molecule has 0 spiro atoms. The van der Waals surface area contributed by atoms with Crippen molar-refractivity contribution in [3.63, 3.8) is 0 Å². The van der Waals surface area contributed by atoms with Crippen LogP contribution < -0.4 is 0 Å². The molecule has 2 heterocycles. The van der Waals surface area contributed by atoms with Gasteiger partial charge in [0.15, 0.2) is 0 Å². The van der Waals surface area contributed by atoms with Crippen LogP contribution in [0.3, 0.4) is 0 Å². The zero-order valence-corrected chi connectivity index (χ0v) is 18.2. The molecule has 0 saturated carbocycles. The molecule has 0 saturated heterocycles. The number of nitriles is 1. The molecular weight excluding hydrogens is 396 g/mol. The van der Waals surface area contributed by atoms with Gasteiger partial charge in [0.2, 0.25) is 0 Å². The van der Waals surface area contributed by atoms with Gasteiger partial charge in [-0.15, -0.1) is 10.2 Å². The first kappa shape index (κ1) is 21.4. The Morgan fingerprint density at radius 2 is 1.72 bits per heavy atom. The summed E-state index contributed by atoms with van der Waals surface area (Å²) in [5.74, 6) is 0.919. The topological polar surface area (TPSA) is 70.6 Å². The quantitative estimate of drug-likeness (QED) is 0.405.